The number of benzene rings is 1. The normalized spacial score (nSPS) is 17.7. The molecule has 1 fully saturated rings. The van der Waals surface area contributed by atoms with E-state index in [0.29, 0.717) is 19.0 Å². The number of amidine groups is 1. The van der Waals surface area contributed by atoms with Crippen molar-refractivity contribution in [2.75, 3.05) is 5.32 Å². The van der Waals surface area contributed by atoms with E-state index in [4.69, 9.17) is 0 Å². The van der Waals surface area contributed by atoms with Gasteiger partial charge in [0.15, 0.2) is 0 Å². The molecule has 0 radical (unpaired) electrons. The molecule has 1 amide bonds. The molecule has 3 aromatic rings. The zero-order valence-corrected chi connectivity index (χ0v) is 21.4. The van der Waals surface area contributed by atoms with Gasteiger partial charge in [-0.1, -0.05) is 36.9 Å². The second-order valence-corrected chi connectivity index (χ2v) is 9.58. The lowest BCUT2D eigenvalue weighted by Crippen LogP contribution is -2.33. The summed E-state index contributed by atoms with van der Waals surface area (Å²) in [5.41, 5.74) is 4.71. The van der Waals surface area contributed by atoms with Crippen LogP contribution in [0.15, 0.2) is 72.6 Å². The monoisotopic (exact) mass is 497 g/mol. The third kappa shape index (κ3) is 7.26. The number of nitrogens with zero attached hydrogens (tertiary/aromatic N) is 3. The van der Waals surface area contributed by atoms with E-state index in [0.717, 1.165) is 66.0 Å². The molecular formula is C30H35N5O2. The van der Waals surface area contributed by atoms with Gasteiger partial charge >= 0.3 is 0 Å². The van der Waals surface area contributed by atoms with Gasteiger partial charge < -0.3 is 15.7 Å². The van der Waals surface area contributed by atoms with E-state index in [-0.39, 0.29) is 17.6 Å². The fraction of sp³-hybridized carbons (Fsp3) is 0.333. The van der Waals surface area contributed by atoms with Gasteiger partial charge in [0.1, 0.15) is 5.75 Å². The topological polar surface area (TPSA) is 99.5 Å². The molecule has 0 saturated heterocycles. The second-order valence-electron chi connectivity index (χ2n) is 9.58. The number of amides is 1. The SMILES string of the molecule is C=Cc1c(NC(C)=NCc2ccccc2O)ccnc1CC1CCC(C(=O)NCc2cccnc2)CC1. The van der Waals surface area contributed by atoms with E-state index in [9.17, 15) is 9.90 Å². The molecule has 0 spiro atoms. The lowest BCUT2D eigenvalue weighted by molar-refractivity contribution is -0.126. The maximum Gasteiger partial charge on any atom is 0.223 e. The average Bonchev–Trinajstić information content (AvgIpc) is 2.92. The highest BCUT2D eigenvalue weighted by atomic mass is 16.3. The molecule has 1 aliphatic carbocycles. The lowest BCUT2D eigenvalue weighted by atomic mass is 9.79. The van der Waals surface area contributed by atoms with Crippen molar-refractivity contribution >= 4 is 23.5 Å². The molecule has 3 N–H and O–H groups in total. The first-order valence-corrected chi connectivity index (χ1v) is 12.9. The predicted molar refractivity (Wildman–Crippen MR) is 148 cm³/mol. The van der Waals surface area contributed by atoms with E-state index in [2.05, 4.69) is 32.2 Å². The number of aromatic nitrogens is 2. The van der Waals surface area contributed by atoms with E-state index < -0.39 is 0 Å². The van der Waals surface area contributed by atoms with E-state index >= 15 is 0 Å². The highest BCUT2D eigenvalue weighted by Crippen LogP contribution is 2.33. The predicted octanol–water partition coefficient (Wildman–Crippen LogP) is 5.52. The van der Waals surface area contributed by atoms with Gasteiger partial charge in [0.2, 0.25) is 5.91 Å². The molecular weight excluding hydrogens is 462 g/mol. The molecule has 1 saturated carbocycles. The Bertz CT molecular complexity index is 1230. The summed E-state index contributed by atoms with van der Waals surface area (Å²) in [6.07, 6.45) is 11.8. The van der Waals surface area contributed by atoms with Crippen LogP contribution in [0, 0.1) is 11.8 Å². The average molecular weight is 498 g/mol. The van der Waals surface area contributed by atoms with E-state index in [1.165, 1.54) is 0 Å². The quantitative estimate of drug-likeness (QED) is 0.267. The van der Waals surface area contributed by atoms with Crippen molar-refractivity contribution in [3.63, 3.8) is 0 Å². The number of nitrogens with one attached hydrogen (secondary N) is 2. The number of carbonyl (C=O) groups is 1. The summed E-state index contributed by atoms with van der Waals surface area (Å²) in [6, 6.07) is 13.0. The molecule has 7 heteroatoms. The number of aromatic hydroxyl groups is 1. The number of carbonyl (C=O) groups excluding carboxylic acids is 1. The van der Waals surface area contributed by atoms with Crippen LogP contribution in [0.4, 0.5) is 5.69 Å². The summed E-state index contributed by atoms with van der Waals surface area (Å²) >= 11 is 0. The van der Waals surface area contributed by atoms with Gasteiger partial charge in [0.05, 0.1) is 12.4 Å². The minimum absolute atomic E-state index is 0.0654. The molecule has 7 nitrogen and oxygen atoms in total. The number of para-hydroxylation sites is 1. The Morgan fingerprint density at radius 1 is 1.14 bits per heavy atom. The van der Waals surface area contributed by atoms with Gasteiger partial charge in [-0.2, -0.15) is 0 Å². The standard InChI is InChI=1S/C30H35N5O2/c1-3-26-27(35-21(2)33-20-25-8-4-5-9-29(25)36)14-16-32-28(26)17-22-10-12-24(13-11-22)30(37)34-19-23-7-6-15-31-18-23/h3-9,14-16,18,22,24,36H,1,10-13,17,19-20H2,2H3,(H,34,37)(H,32,33,35). The fourth-order valence-corrected chi connectivity index (χ4v) is 4.84. The first-order valence-electron chi connectivity index (χ1n) is 12.9. The number of phenols is 1. The number of anilines is 1. The Kier molecular flexibility index (Phi) is 9.03. The molecule has 0 aliphatic heterocycles. The molecule has 1 aliphatic rings. The Balaban J connectivity index is 1.31. The first kappa shape index (κ1) is 26.1. The Morgan fingerprint density at radius 3 is 2.68 bits per heavy atom. The van der Waals surface area contributed by atoms with Crippen molar-refractivity contribution in [2.24, 2.45) is 16.8 Å². The number of hydrogen-bond donors (Lipinski definition) is 3. The van der Waals surface area contributed by atoms with Crippen LogP contribution in [0.2, 0.25) is 0 Å². The number of pyridine rings is 2. The van der Waals surface area contributed by atoms with Crippen LogP contribution < -0.4 is 10.6 Å². The molecule has 2 heterocycles. The largest absolute Gasteiger partial charge is 0.508 e. The molecule has 0 bridgehead atoms. The third-order valence-corrected chi connectivity index (χ3v) is 6.96. The highest BCUT2D eigenvalue weighted by Gasteiger charge is 2.27. The van der Waals surface area contributed by atoms with Crippen molar-refractivity contribution in [2.45, 2.75) is 52.1 Å². The third-order valence-electron chi connectivity index (χ3n) is 6.96. The van der Waals surface area contributed by atoms with Crippen LogP contribution in [-0.2, 0) is 24.3 Å². The molecule has 0 atom stereocenters. The van der Waals surface area contributed by atoms with Crippen LogP contribution >= 0.6 is 0 Å². The minimum atomic E-state index is 0.0654. The van der Waals surface area contributed by atoms with Gasteiger partial charge in [-0.15, -0.1) is 0 Å². The zero-order chi connectivity index (χ0) is 26.0. The highest BCUT2D eigenvalue weighted by molar-refractivity contribution is 5.95. The van der Waals surface area contributed by atoms with E-state index in [1.807, 2.05) is 49.5 Å². The summed E-state index contributed by atoms with van der Waals surface area (Å²) < 4.78 is 0. The van der Waals surface area contributed by atoms with E-state index in [1.54, 1.807) is 24.5 Å². The number of rotatable bonds is 9. The van der Waals surface area contributed by atoms with Crippen molar-refractivity contribution in [3.05, 3.63) is 90.0 Å². The van der Waals surface area contributed by atoms with Crippen molar-refractivity contribution in [3.8, 4) is 5.75 Å². The van der Waals surface area contributed by atoms with Crippen molar-refractivity contribution < 1.29 is 9.90 Å². The summed E-state index contributed by atoms with van der Waals surface area (Å²) in [5, 5.41) is 16.4. The fourth-order valence-electron chi connectivity index (χ4n) is 4.84. The van der Waals surface area contributed by atoms with Gasteiger partial charge in [0.25, 0.3) is 0 Å². The molecule has 0 unspecified atom stereocenters. The van der Waals surface area contributed by atoms with Crippen LogP contribution in [0.5, 0.6) is 5.75 Å². The molecule has 1 aromatic carbocycles. The Labute approximate surface area is 218 Å². The number of aliphatic imine (C=N–C) groups is 1. The molecule has 4 rings (SSSR count). The molecule has 192 valence electrons. The van der Waals surface area contributed by atoms with Crippen molar-refractivity contribution in [1.82, 2.24) is 15.3 Å². The van der Waals surface area contributed by atoms with Gasteiger partial charge in [-0.05, 0) is 68.7 Å². The minimum Gasteiger partial charge on any atom is -0.508 e. The Morgan fingerprint density at radius 2 is 1.95 bits per heavy atom. The summed E-state index contributed by atoms with van der Waals surface area (Å²) in [4.78, 5) is 26.0. The van der Waals surface area contributed by atoms with Gasteiger partial charge in [-0.25, -0.2) is 0 Å². The second kappa shape index (κ2) is 12.8. The van der Waals surface area contributed by atoms with Crippen LogP contribution in [0.3, 0.4) is 0 Å². The number of phenolic OH excluding ortho intramolecular Hbond substituents is 1. The maximum atomic E-state index is 12.7. The lowest BCUT2D eigenvalue weighted by Gasteiger charge is -2.28. The summed E-state index contributed by atoms with van der Waals surface area (Å²) in [7, 11) is 0. The smallest absolute Gasteiger partial charge is 0.223 e. The van der Waals surface area contributed by atoms with Crippen LogP contribution in [0.1, 0.15) is 55.0 Å². The van der Waals surface area contributed by atoms with Gasteiger partial charge in [0, 0.05) is 53.6 Å². The zero-order valence-electron chi connectivity index (χ0n) is 21.4. The van der Waals surface area contributed by atoms with Crippen LogP contribution in [0.25, 0.3) is 6.08 Å². The molecule has 2 aromatic heterocycles. The van der Waals surface area contributed by atoms with Crippen LogP contribution in [-0.4, -0.2) is 26.8 Å². The molecule has 37 heavy (non-hydrogen) atoms. The van der Waals surface area contributed by atoms with Crippen molar-refractivity contribution in [1.29, 1.82) is 0 Å². The first-order chi connectivity index (χ1) is 18.0. The van der Waals surface area contributed by atoms with Gasteiger partial charge in [-0.3, -0.25) is 19.8 Å². The number of hydrogen-bond acceptors (Lipinski definition) is 5. The maximum absolute atomic E-state index is 12.7. The summed E-state index contributed by atoms with van der Waals surface area (Å²) in [6.45, 7) is 6.86. The summed E-state index contributed by atoms with van der Waals surface area (Å²) in [5.74, 6) is 1.69. The Hall–Kier alpha value is -4.00.